The fourth-order valence-corrected chi connectivity index (χ4v) is 3.69. The second-order valence-corrected chi connectivity index (χ2v) is 7.18. The molecule has 1 N–H and O–H groups in total. The molecule has 0 radical (unpaired) electrons. The van der Waals surface area contributed by atoms with E-state index < -0.39 is 0 Å². The number of aromatic nitrogens is 2. The molecule has 0 unspecified atom stereocenters. The van der Waals surface area contributed by atoms with Gasteiger partial charge in [-0.05, 0) is 49.8 Å². The summed E-state index contributed by atoms with van der Waals surface area (Å²) >= 11 is 0. The van der Waals surface area contributed by atoms with Crippen LogP contribution in [0.1, 0.15) is 53.3 Å². The number of nitrogens with one attached hydrogen (secondary N) is 1. The molecule has 1 aliphatic heterocycles. The van der Waals surface area contributed by atoms with Crippen molar-refractivity contribution in [2.24, 2.45) is 7.05 Å². The standard InChI is InChI=1S/C20H26N4O/c1-23-19(14-17(22-23)15-9-10-15)20(25)21-11-5-13-24-12-4-7-16-6-2-3-8-18(16)24/h2-3,6,8,14-15H,4-5,7,9-13H2,1H3,(H,21,25). The van der Waals surface area contributed by atoms with Crippen molar-refractivity contribution in [2.75, 3.05) is 24.5 Å². The van der Waals surface area contributed by atoms with Gasteiger partial charge in [-0.1, -0.05) is 18.2 Å². The Kier molecular flexibility index (Phi) is 4.47. The van der Waals surface area contributed by atoms with Crippen LogP contribution in [0.15, 0.2) is 30.3 Å². The third kappa shape index (κ3) is 3.55. The van der Waals surface area contributed by atoms with Gasteiger partial charge in [0.2, 0.25) is 0 Å². The maximum Gasteiger partial charge on any atom is 0.269 e. The van der Waals surface area contributed by atoms with E-state index in [0.29, 0.717) is 18.2 Å². The lowest BCUT2D eigenvalue weighted by Crippen LogP contribution is -2.33. The molecule has 132 valence electrons. The van der Waals surface area contributed by atoms with Crippen molar-refractivity contribution in [3.05, 3.63) is 47.3 Å². The lowest BCUT2D eigenvalue weighted by molar-refractivity contribution is 0.0944. The second kappa shape index (κ2) is 6.90. The predicted octanol–water partition coefficient (Wildman–Crippen LogP) is 2.87. The first kappa shape index (κ1) is 16.2. The Balaban J connectivity index is 1.28. The summed E-state index contributed by atoms with van der Waals surface area (Å²) in [4.78, 5) is 14.8. The second-order valence-electron chi connectivity index (χ2n) is 7.18. The SMILES string of the molecule is Cn1nc(C2CC2)cc1C(=O)NCCCN1CCCc2ccccc21. The minimum atomic E-state index is -0.0130. The number of carbonyl (C=O) groups excluding carboxylic acids is 1. The molecule has 2 aliphatic rings. The highest BCUT2D eigenvalue weighted by molar-refractivity contribution is 5.92. The van der Waals surface area contributed by atoms with Gasteiger partial charge in [0, 0.05) is 38.3 Å². The minimum absolute atomic E-state index is 0.0130. The van der Waals surface area contributed by atoms with E-state index in [0.717, 1.165) is 25.2 Å². The van der Waals surface area contributed by atoms with Crippen LogP contribution < -0.4 is 10.2 Å². The molecule has 1 saturated carbocycles. The van der Waals surface area contributed by atoms with Crippen LogP contribution in [0.3, 0.4) is 0 Å². The molecule has 1 aromatic heterocycles. The van der Waals surface area contributed by atoms with E-state index in [9.17, 15) is 4.79 Å². The van der Waals surface area contributed by atoms with Gasteiger partial charge >= 0.3 is 0 Å². The molecule has 4 rings (SSSR count). The van der Waals surface area contributed by atoms with Crippen molar-refractivity contribution in [3.63, 3.8) is 0 Å². The van der Waals surface area contributed by atoms with Crippen LogP contribution in [0.2, 0.25) is 0 Å². The van der Waals surface area contributed by atoms with Gasteiger partial charge < -0.3 is 10.2 Å². The molecule has 0 bridgehead atoms. The first-order valence-electron chi connectivity index (χ1n) is 9.37. The summed E-state index contributed by atoms with van der Waals surface area (Å²) < 4.78 is 1.71. The molecule has 2 aromatic rings. The fraction of sp³-hybridized carbons (Fsp3) is 0.500. The number of nitrogens with zero attached hydrogens (tertiary/aromatic N) is 3. The molecule has 1 aromatic carbocycles. The van der Waals surface area contributed by atoms with E-state index in [1.54, 1.807) is 4.68 Å². The van der Waals surface area contributed by atoms with E-state index in [1.165, 1.54) is 36.9 Å². The quantitative estimate of drug-likeness (QED) is 0.824. The highest BCUT2D eigenvalue weighted by Crippen LogP contribution is 2.39. The van der Waals surface area contributed by atoms with Crippen molar-refractivity contribution in [2.45, 2.75) is 38.0 Å². The van der Waals surface area contributed by atoms with Crippen LogP contribution in [0.5, 0.6) is 0 Å². The van der Waals surface area contributed by atoms with Crippen LogP contribution in [0, 0.1) is 0 Å². The molecular weight excluding hydrogens is 312 g/mol. The number of aryl methyl sites for hydroxylation is 2. The van der Waals surface area contributed by atoms with Gasteiger partial charge in [0.25, 0.3) is 5.91 Å². The van der Waals surface area contributed by atoms with Gasteiger partial charge in [-0.15, -0.1) is 0 Å². The molecule has 0 atom stereocenters. The summed E-state index contributed by atoms with van der Waals surface area (Å²) in [5.41, 5.74) is 4.55. The molecule has 0 spiro atoms. The van der Waals surface area contributed by atoms with E-state index in [1.807, 2.05) is 13.1 Å². The average molecular weight is 338 g/mol. The Morgan fingerprint density at radius 3 is 3.00 bits per heavy atom. The average Bonchev–Trinajstić information content (AvgIpc) is 3.41. The number of para-hydroxylation sites is 1. The monoisotopic (exact) mass is 338 g/mol. The number of benzene rings is 1. The first-order valence-corrected chi connectivity index (χ1v) is 9.37. The largest absolute Gasteiger partial charge is 0.371 e. The van der Waals surface area contributed by atoms with Crippen molar-refractivity contribution in [1.82, 2.24) is 15.1 Å². The zero-order valence-electron chi connectivity index (χ0n) is 14.9. The number of anilines is 1. The summed E-state index contributed by atoms with van der Waals surface area (Å²) in [6.45, 7) is 2.79. The minimum Gasteiger partial charge on any atom is -0.371 e. The van der Waals surface area contributed by atoms with Crippen LogP contribution in [-0.2, 0) is 13.5 Å². The molecule has 0 saturated heterocycles. The highest BCUT2D eigenvalue weighted by Gasteiger charge is 2.28. The summed E-state index contributed by atoms with van der Waals surface area (Å²) in [6.07, 6.45) is 5.74. The maximum absolute atomic E-state index is 12.4. The van der Waals surface area contributed by atoms with E-state index in [-0.39, 0.29) is 5.91 Å². The Morgan fingerprint density at radius 1 is 1.32 bits per heavy atom. The number of hydrogen-bond donors (Lipinski definition) is 1. The predicted molar refractivity (Wildman–Crippen MR) is 99.1 cm³/mol. The zero-order valence-corrected chi connectivity index (χ0v) is 14.9. The number of fused-ring (bicyclic) bond motifs is 1. The number of amides is 1. The van der Waals surface area contributed by atoms with Gasteiger partial charge in [-0.25, -0.2) is 0 Å². The van der Waals surface area contributed by atoms with Crippen LogP contribution in [0.25, 0.3) is 0 Å². The first-order chi connectivity index (χ1) is 12.2. The zero-order chi connectivity index (χ0) is 17.2. The van der Waals surface area contributed by atoms with E-state index in [4.69, 9.17) is 0 Å². The Hall–Kier alpha value is -2.30. The molecule has 5 nitrogen and oxygen atoms in total. The molecule has 1 aliphatic carbocycles. The third-order valence-electron chi connectivity index (χ3n) is 5.22. The molecule has 5 heteroatoms. The van der Waals surface area contributed by atoms with Crippen molar-refractivity contribution in [1.29, 1.82) is 0 Å². The third-order valence-corrected chi connectivity index (χ3v) is 5.22. The van der Waals surface area contributed by atoms with Gasteiger partial charge in [0.05, 0.1) is 5.69 Å². The van der Waals surface area contributed by atoms with Gasteiger partial charge in [0.15, 0.2) is 0 Å². The maximum atomic E-state index is 12.4. The van der Waals surface area contributed by atoms with Gasteiger partial charge in [-0.2, -0.15) is 5.10 Å². The van der Waals surface area contributed by atoms with E-state index >= 15 is 0 Å². The lowest BCUT2D eigenvalue weighted by Gasteiger charge is -2.31. The highest BCUT2D eigenvalue weighted by atomic mass is 16.2. The Morgan fingerprint density at radius 2 is 2.16 bits per heavy atom. The summed E-state index contributed by atoms with van der Waals surface area (Å²) in [7, 11) is 1.85. The van der Waals surface area contributed by atoms with Crippen molar-refractivity contribution in [3.8, 4) is 0 Å². The van der Waals surface area contributed by atoms with Crippen molar-refractivity contribution < 1.29 is 4.79 Å². The van der Waals surface area contributed by atoms with Gasteiger partial charge in [0.1, 0.15) is 5.69 Å². The molecule has 2 heterocycles. The topological polar surface area (TPSA) is 50.2 Å². The summed E-state index contributed by atoms with van der Waals surface area (Å²) in [5, 5.41) is 7.52. The molecule has 1 amide bonds. The lowest BCUT2D eigenvalue weighted by atomic mass is 10.0. The van der Waals surface area contributed by atoms with Crippen LogP contribution >= 0.6 is 0 Å². The van der Waals surface area contributed by atoms with E-state index in [2.05, 4.69) is 39.6 Å². The van der Waals surface area contributed by atoms with Gasteiger partial charge in [-0.3, -0.25) is 9.48 Å². The summed E-state index contributed by atoms with van der Waals surface area (Å²) in [6, 6.07) is 10.6. The normalized spacial score (nSPS) is 16.6. The number of hydrogen-bond acceptors (Lipinski definition) is 3. The molecular formula is C20H26N4O. The number of carbonyl (C=O) groups is 1. The molecule has 1 fully saturated rings. The smallest absolute Gasteiger partial charge is 0.269 e. The van der Waals surface area contributed by atoms with Crippen molar-refractivity contribution >= 4 is 11.6 Å². The Labute approximate surface area is 149 Å². The summed E-state index contributed by atoms with van der Waals surface area (Å²) in [5.74, 6) is 0.563. The Bertz CT molecular complexity index is 763. The number of rotatable bonds is 6. The van der Waals surface area contributed by atoms with Crippen LogP contribution in [-0.4, -0.2) is 35.3 Å². The molecule has 25 heavy (non-hydrogen) atoms. The van der Waals surface area contributed by atoms with Crippen LogP contribution in [0.4, 0.5) is 5.69 Å². The fourth-order valence-electron chi connectivity index (χ4n) is 3.69.